The largest absolute Gasteiger partial charge is 0.481 e. The molecule has 6 heteroatoms. The molecule has 0 saturated heterocycles. The summed E-state index contributed by atoms with van der Waals surface area (Å²) in [5, 5.41) is 8.80. The van der Waals surface area contributed by atoms with Gasteiger partial charge in [-0.05, 0) is 25.8 Å². The molecule has 1 amide bonds. The average molecular weight is 249 g/mol. The minimum absolute atomic E-state index is 0.00567. The van der Waals surface area contributed by atoms with Gasteiger partial charge in [-0.3, -0.25) is 9.59 Å². The van der Waals surface area contributed by atoms with Crippen molar-refractivity contribution >= 4 is 11.9 Å². The summed E-state index contributed by atoms with van der Waals surface area (Å²) in [7, 11) is 1.68. The summed E-state index contributed by atoms with van der Waals surface area (Å²) in [6.45, 7) is 1.72. The van der Waals surface area contributed by atoms with E-state index in [4.69, 9.17) is 5.11 Å². The minimum Gasteiger partial charge on any atom is -0.481 e. The number of carboxylic acid groups (broad SMARTS) is 1. The molecule has 0 radical (unpaired) electrons. The molecule has 1 fully saturated rings. The molecule has 96 valence electrons. The Hall–Kier alpha value is -1.98. The van der Waals surface area contributed by atoms with E-state index in [2.05, 4.69) is 9.97 Å². The molecule has 1 aromatic heterocycles. The summed E-state index contributed by atoms with van der Waals surface area (Å²) in [6.07, 6.45) is 2.58. The zero-order chi connectivity index (χ0) is 13.3. The minimum atomic E-state index is -0.787. The lowest BCUT2D eigenvalue weighted by Gasteiger charge is -2.38. The SMILES string of the molecule is Cc1nccc(C(=O)N(C)C2CC(C(=O)O)C2)n1. The standard InChI is InChI=1S/C12H15N3O3/c1-7-13-4-3-10(14-7)11(16)15(2)9-5-8(6-9)12(17)18/h3-4,8-9H,5-6H2,1-2H3,(H,17,18). The van der Waals surface area contributed by atoms with E-state index in [-0.39, 0.29) is 17.9 Å². The van der Waals surface area contributed by atoms with Gasteiger partial charge in [0.2, 0.25) is 0 Å². The maximum atomic E-state index is 12.1. The first-order valence-corrected chi connectivity index (χ1v) is 5.78. The number of rotatable bonds is 3. The lowest BCUT2D eigenvalue weighted by Crippen LogP contribution is -2.47. The molecule has 6 nitrogen and oxygen atoms in total. The van der Waals surface area contributed by atoms with Gasteiger partial charge in [0.15, 0.2) is 0 Å². The van der Waals surface area contributed by atoms with Crippen molar-refractivity contribution in [3.63, 3.8) is 0 Å². The number of aliphatic carboxylic acids is 1. The first-order valence-electron chi connectivity index (χ1n) is 5.78. The molecule has 0 bridgehead atoms. The van der Waals surface area contributed by atoms with Crippen LogP contribution in [0.2, 0.25) is 0 Å². The molecule has 0 unspecified atom stereocenters. The lowest BCUT2D eigenvalue weighted by atomic mass is 9.79. The van der Waals surface area contributed by atoms with Gasteiger partial charge in [0, 0.05) is 19.3 Å². The highest BCUT2D eigenvalue weighted by atomic mass is 16.4. The van der Waals surface area contributed by atoms with Crippen molar-refractivity contribution < 1.29 is 14.7 Å². The van der Waals surface area contributed by atoms with Crippen LogP contribution in [0.15, 0.2) is 12.3 Å². The summed E-state index contributed by atoms with van der Waals surface area (Å²) in [5.74, 6) is -0.747. The monoisotopic (exact) mass is 249 g/mol. The maximum absolute atomic E-state index is 12.1. The van der Waals surface area contributed by atoms with E-state index in [1.165, 1.54) is 0 Å². The first kappa shape index (κ1) is 12.5. The molecule has 1 saturated carbocycles. The smallest absolute Gasteiger partial charge is 0.306 e. The Balaban J connectivity index is 2.00. The van der Waals surface area contributed by atoms with Crippen molar-refractivity contribution in [1.82, 2.24) is 14.9 Å². The second-order valence-electron chi connectivity index (χ2n) is 4.57. The van der Waals surface area contributed by atoms with Crippen LogP contribution < -0.4 is 0 Å². The molecule has 1 aliphatic rings. The number of aryl methyl sites for hydroxylation is 1. The highest BCUT2D eigenvalue weighted by Gasteiger charge is 2.38. The number of carboxylic acids is 1. The van der Waals surface area contributed by atoms with Gasteiger partial charge >= 0.3 is 5.97 Å². The molecular formula is C12H15N3O3. The van der Waals surface area contributed by atoms with Crippen LogP contribution >= 0.6 is 0 Å². The molecule has 1 aromatic rings. The molecule has 1 N–H and O–H groups in total. The second kappa shape index (κ2) is 4.72. The Morgan fingerprint density at radius 3 is 2.67 bits per heavy atom. The van der Waals surface area contributed by atoms with Crippen molar-refractivity contribution in [3.05, 3.63) is 23.8 Å². The molecule has 1 aliphatic carbocycles. The summed E-state index contributed by atoms with van der Waals surface area (Å²) in [5.41, 5.74) is 0.351. The Labute approximate surface area is 105 Å². The van der Waals surface area contributed by atoms with Gasteiger partial charge in [0.25, 0.3) is 5.91 Å². The predicted molar refractivity (Wildman–Crippen MR) is 63.0 cm³/mol. The van der Waals surface area contributed by atoms with E-state index in [1.54, 1.807) is 31.1 Å². The zero-order valence-electron chi connectivity index (χ0n) is 10.3. The van der Waals surface area contributed by atoms with Crippen LogP contribution in [0.5, 0.6) is 0 Å². The number of aromatic nitrogens is 2. The van der Waals surface area contributed by atoms with E-state index in [9.17, 15) is 9.59 Å². The molecule has 0 aromatic carbocycles. The van der Waals surface area contributed by atoms with Gasteiger partial charge in [-0.1, -0.05) is 0 Å². The van der Waals surface area contributed by atoms with Crippen molar-refractivity contribution in [3.8, 4) is 0 Å². The summed E-state index contributed by atoms with van der Waals surface area (Å²) < 4.78 is 0. The van der Waals surface area contributed by atoms with Gasteiger partial charge in [-0.2, -0.15) is 0 Å². The topological polar surface area (TPSA) is 83.4 Å². The van der Waals surface area contributed by atoms with Crippen LogP contribution in [0.3, 0.4) is 0 Å². The third kappa shape index (κ3) is 2.32. The van der Waals surface area contributed by atoms with Crippen LogP contribution in [0, 0.1) is 12.8 Å². The molecule has 2 rings (SSSR count). The molecule has 1 heterocycles. The summed E-state index contributed by atoms with van der Waals surface area (Å²) in [6, 6.07) is 1.56. The summed E-state index contributed by atoms with van der Waals surface area (Å²) >= 11 is 0. The quantitative estimate of drug-likeness (QED) is 0.853. The van der Waals surface area contributed by atoms with Gasteiger partial charge in [0.05, 0.1) is 5.92 Å². The van der Waals surface area contributed by atoms with Gasteiger partial charge < -0.3 is 10.0 Å². The third-order valence-electron chi connectivity index (χ3n) is 3.33. The van der Waals surface area contributed by atoms with Crippen LogP contribution in [0.1, 0.15) is 29.2 Å². The number of amides is 1. The third-order valence-corrected chi connectivity index (χ3v) is 3.33. The number of hydrogen-bond acceptors (Lipinski definition) is 4. The highest BCUT2D eigenvalue weighted by molar-refractivity contribution is 5.92. The van der Waals surface area contributed by atoms with E-state index in [0.717, 1.165) is 0 Å². The molecular weight excluding hydrogens is 234 g/mol. The van der Waals surface area contributed by atoms with Gasteiger partial charge in [0.1, 0.15) is 11.5 Å². The predicted octanol–water partition coefficient (Wildman–Crippen LogP) is 0.720. The second-order valence-corrected chi connectivity index (χ2v) is 4.57. The molecule has 0 aliphatic heterocycles. The van der Waals surface area contributed by atoms with E-state index < -0.39 is 5.97 Å². The number of carbonyl (C=O) groups is 2. The van der Waals surface area contributed by atoms with Gasteiger partial charge in [-0.25, -0.2) is 9.97 Å². The molecule has 0 atom stereocenters. The van der Waals surface area contributed by atoms with E-state index in [1.807, 2.05) is 0 Å². The average Bonchev–Trinajstić information content (AvgIpc) is 2.25. The van der Waals surface area contributed by atoms with Crippen molar-refractivity contribution in [2.75, 3.05) is 7.05 Å². The Bertz CT molecular complexity index is 483. The Morgan fingerprint density at radius 1 is 1.44 bits per heavy atom. The first-order chi connectivity index (χ1) is 8.49. The normalized spacial score (nSPS) is 22.1. The van der Waals surface area contributed by atoms with Crippen LogP contribution in [0.25, 0.3) is 0 Å². The fourth-order valence-electron chi connectivity index (χ4n) is 2.03. The Kier molecular flexibility index (Phi) is 3.27. The number of carbonyl (C=O) groups excluding carboxylic acids is 1. The fraction of sp³-hybridized carbons (Fsp3) is 0.500. The van der Waals surface area contributed by atoms with Crippen LogP contribution in [-0.4, -0.2) is 44.9 Å². The Morgan fingerprint density at radius 2 is 2.11 bits per heavy atom. The number of nitrogens with zero attached hydrogens (tertiary/aromatic N) is 3. The molecule has 0 spiro atoms. The van der Waals surface area contributed by atoms with Crippen LogP contribution in [0.4, 0.5) is 0 Å². The zero-order valence-corrected chi connectivity index (χ0v) is 10.3. The van der Waals surface area contributed by atoms with Gasteiger partial charge in [-0.15, -0.1) is 0 Å². The van der Waals surface area contributed by atoms with Crippen molar-refractivity contribution in [2.45, 2.75) is 25.8 Å². The lowest BCUT2D eigenvalue weighted by molar-refractivity contribution is -0.146. The maximum Gasteiger partial charge on any atom is 0.306 e. The highest BCUT2D eigenvalue weighted by Crippen LogP contribution is 2.31. The number of hydrogen-bond donors (Lipinski definition) is 1. The molecule has 18 heavy (non-hydrogen) atoms. The van der Waals surface area contributed by atoms with Crippen LogP contribution in [-0.2, 0) is 4.79 Å². The fourth-order valence-corrected chi connectivity index (χ4v) is 2.03. The van der Waals surface area contributed by atoms with Crippen molar-refractivity contribution in [1.29, 1.82) is 0 Å². The van der Waals surface area contributed by atoms with Crippen molar-refractivity contribution in [2.24, 2.45) is 5.92 Å². The van der Waals surface area contributed by atoms with E-state index >= 15 is 0 Å². The van der Waals surface area contributed by atoms with E-state index in [0.29, 0.717) is 24.4 Å². The summed E-state index contributed by atoms with van der Waals surface area (Å²) in [4.78, 5) is 32.4.